The highest BCUT2D eigenvalue weighted by atomic mass is 32.2. The summed E-state index contributed by atoms with van der Waals surface area (Å²) in [5, 5.41) is 0. The first-order valence-corrected chi connectivity index (χ1v) is 11.1. The number of hydrogen-bond donors (Lipinski definition) is 0. The smallest absolute Gasteiger partial charge is 0.150 e. The standard InChI is InChI=1S/C10H16O4S.C10H14S/c1-9(2)7-3-4-10(9,8(11)5-7)6-15(12,13)14;1-10(2,3)8-4-6-9(11)7-5-8/h7H,3-6H2,1-2H3,(H,12,13,14);4-7,11H,1-3H3. The Labute approximate surface area is 162 Å². The molecule has 0 amide bonds. The number of hydrogen-bond acceptors (Lipinski definition) is 4. The van der Waals surface area contributed by atoms with E-state index in [1.807, 2.05) is 13.8 Å². The second-order valence-corrected chi connectivity index (χ2v) is 11.2. The lowest BCUT2D eigenvalue weighted by Gasteiger charge is -2.37. The second-order valence-electron chi connectivity index (χ2n) is 9.20. The monoisotopic (exact) mass is 398 g/mol. The summed E-state index contributed by atoms with van der Waals surface area (Å²) in [4.78, 5) is 13.0. The zero-order valence-electron chi connectivity index (χ0n) is 16.3. The lowest BCUT2D eigenvalue weighted by molar-refractivity contribution is -0.128. The molecule has 1 aromatic carbocycles. The highest BCUT2D eigenvalue weighted by Crippen LogP contribution is 2.64. The average molecular weight is 399 g/mol. The molecule has 146 valence electrons. The van der Waals surface area contributed by atoms with Crippen molar-refractivity contribution in [2.45, 2.75) is 64.2 Å². The van der Waals surface area contributed by atoms with Gasteiger partial charge >= 0.3 is 0 Å². The van der Waals surface area contributed by atoms with Crippen LogP contribution in [0.2, 0.25) is 0 Å². The Bertz CT molecular complexity index is 773. The van der Waals surface area contributed by atoms with Crippen molar-refractivity contribution in [1.82, 2.24) is 0 Å². The molecule has 0 aliphatic heterocycles. The molecule has 3 rings (SSSR count). The first-order chi connectivity index (χ1) is 11.7. The van der Waals surface area contributed by atoms with Gasteiger partial charge in [-0.05, 0) is 59.9 Å². The number of carbonyl (C=O) groups is 1. The van der Waals surface area contributed by atoms with E-state index in [9.17, 15) is 17.8 Å². The fraction of sp³-hybridized carbons (Fsp3) is 0.650. The van der Waals surface area contributed by atoms with Crippen molar-refractivity contribution >= 4 is 28.5 Å². The molecule has 2 aliphatic carbocycles. The highest BCUT2D eigenvalue weighted by molar-refractivity contribution is 7.85. The first-order valence-electron chi connectivity index (χ1n) is 8.98. The van der Waals surface area contributed by atoms with Crippen molar-refractivity contribution in [2.24, 2.45) is 16.7 Å². The molecule has 26 heavy (non-hydrogen) atoms. The van der Waals surface area contributed by atoms with Crippen molar-refractivity contribution in [3.63, 3.8) is 0 Å². The summed E-state index contributed by atoms with van der Waals surface area (Å²) in [6.07, 6.45) is 1.88. The van der Waals surface area contributed by atoms with Crippen LogP contribution in [-0.4, -0.2) is 24.5 Å². The molecule has 0 spiro atoms. The predicted octanol–water partition coefficient (Wildman–Crippen LogP) is 3.28. The molecule has 2 aliphatic rings. The SMILES string of the molecule is CC(C)(C)c1ccc([SH2+])cc1.CC1(C)C2CCC1(CS(=O)(=O)[O-])C(=O)C2. The third-order valence-corrected chi connectivity index (χ3v) is 7.49. The number of fused-ring (bicyclic) bond motifs is 2. The van der Waals surface area contributed by atoms with E-state index in [2.05, 4.69) is 57.7 Å². The number of ketones is 1. The molecule has 1 aromatic rings. The summed E-state index contributed by atoms with van der Waals surface area (Å²) in [6, 6.07) is 8.47. The number of rotatable bonds is 2. The summed E-state index contributed by atoms with van der Waals surface area (Å²) in [5.41, 5.74) is 0.416. The maximum absolute atomic E-state index is 11.8. The van der Waals surface area contributed by atoms with E-state index in [1.54, 1.807) is 0 Å². The van der Waals surface area contributed by atoms with Gasteiger partial charge in [-0.3, -0.25) is 4.79 Å². The molecule has 2 atom stereocenters. The van der Waals surface area contributed by atoms with Crippen molar-refractivity contribution < 1.29 is 17.8 Å². The second kappa shape index (κ2) is 6.95. The molecule has 0 N–H and O–H groups in total. The van der Waals surface area contributed by atoms with Gasteiger partial charge in [0.1, 0.15) is 10.7 Å². The van der Waals surface area contributed by atoms with Crippen molar-refractivity contribution in [1.29, 1.82) is 0 Å². The van der Waals surface area contributed by atoms with Crippen LogP contribution in [0.5, 0.6) is 0 Å². The topological polar surface area (TPSA) is 74.3 Å². The van der Waals surface area contributed by atoms with E-state index in [0.717, 1.165) is 11.3 Å². The van der Waals surface area contributed by atoms with Crippen LogP contribution in [0, 0.1) is 16.7 Å². The zero-order chi connectivity index (χ0) is 20.0. The number of carbonyl (C=O) groups excluding carboxylic acids is 1. The van der Waals surface area contributed by atoms with Crippen molar-refractivity contribution in [3.05, 3.63) is 29.8 Å². The van der Waals surface area contributed by atoms with Gasteiger partial charge in [0.2, 0.25) is 0 Å². The summed E-state index contributed by atoms with van der Waals surface area (Å²) in [6.45, 7) is 10.5. The Kier molecular flexibility index (Phi) is 5.73. The van der Waals surface area contributed by atoms with Gasteiger partial charge in [0, 0.05) is 11.8 Å². The van der Waals surface area contributed by atoms with Crippen molar-refractivity contribution in [3.8, 4) is 0 Å². The van der Waals surface area contributed by atoms with Gasteiger partial charge < -0.3 is 4.55 Å². The largest absolute Gasteiger partial charge is 0.748 e. The quantitative estimate of drug-likeness (QED) is 0.566. The van der Waals surface area contributed by atoms with E-state index >= 15 is 0 Å². The molecule has 0 radical (unpaired) electrons. The average Bonchev–Trinajstić information content (AvgIpc) is 2.79. The minimum absolute atomic E-state index is 0.0248. The van der Waals surface area contributed by atoms with E-state index < -0.39 is 21.3 Å². The Hall–Kier alpha value is -0.850. The van der Waals surface area contributed by atoms with E-state index in [0.29, 0.717) is 12.8 Å². The molecule has 4 nitrogen and oxygen atoms in total. The third-order valence-electron chi connectivity index (χ3n) is 6.31. The molecule has 2 unspecified atom stereocenters. The van der Waals surface area contributed by atoms with Gasteiger partial charge in [0.15, 0.2) is 0 Å². The lowest BCUT2D eigenvalue weighted by atomic mass is 9.70. The fourth-order valence-corrected chi connectivity index (χ4v) is 5.83. The highest BCUT2D eigenvalue weighted by Gasteiger charge is 2.64. The van der Waals surface area contributed by atoms with Crippen LogP contribution in [0.4, 0.5) is 0 Å². The van der Waals surface area contributed by atoms with Crippen molar-refractivity contribution in [2.75, 3.05) is 5.75 Å². The van der Waals surface area contributed by atoms with Gasteiger partial charge in [0.25, 0.3) is 0 Å². The molecule has 2 saturated carbocycles. The van der Waals surface area contributed by atoms with E-state index in [4.69, 9.17) is 0 Å². The summed E-state index contributed by atoms with van der Waals surface area (Å²) < 4.78 is 32.7. The van der Waals surface area contributed by atoms with Crippen LogP contribution in [0.3, 0.4) is 0 Å². The maximum Gasteiger partial charge on any atom is 0.150 e. The minimum atomic E-state index is -4.33. The van der Waals surface area contributed by atoms with Gasteiger partial charge in [-0.1, -0.05) is 46.8 Å². The third kappa shape index (κ3) is 4.18. The fourth-order valence-electron chi connectivity index (χ4n) is 4.38. The van der Waals surface area contributed by atoms with Crippen LogP contribution in [0.25, 0.3) is 0 Å². The number of Topliss-reactive ketones (excluding diaryl/α,β-unsaturated/α-hetero) is 1. The van der Waals surface area contributed by atoms with Crippen LogP contribution in [0.1, 0.15) is 59.4 Å². The molecule has 0 aromatic heterocycles. The summed E-state index contributed by atoms with van der Waals surface area (Å²) in [5.74, 6) is -0.280. The predicted molar refractivity (Wildman–Crippen MR) is 107 cm³/mol. The van der Waals surface area contributed by atoms with Gasteiger partial charge in [-0.25, -0.2) is 8.42 Å². The van der Waals surface area contributed by atoms with E-state index in [1.165, 1.54) is 5.56 Å². The van der Waals surface area contributed by atoms with Gasteiger partial charge in [-0.15, -0.1) is 0 Å². The van der Waals surface area contributed by atoms with Crippen LogP contribution < -0.4 is 0 Å². The van der Waals surface area contributed by atoms with Crippen LogP contribution in [0.15, 0.2) is 29.2 Å². The summed E-state index contributed by atoms with van der Waals surface area (Å²) >= 11 is 3.46. The van der Waals surface area contributed by atoms with E-state index in [-0.39, 0.29) is 22.5 Å². The molecule has 0 heterocycles. The van der Waals surface area contributed by atoms with Crippen LogP contribution in [-0.2, 0) is 33.0 Å². The molecular weight excluding hydrogens is 368 g/mol. The number of benzene rings is 1. The lowest BCUT2D eigenvalue weighted by Crippen LogP contribution is -2.42. The Morgan fingerprint density at radius 3 is 2.08 bits per heavy atom. The Morgan fingerprint density at radius 1 is 1.19 bits per heavy atom. The molecular formula is C20H30O4S2. The molecule has 0 saturated heterocycles. The first kappa shape index (κ1) is 21.5. The Morgan fingerprint density at radius 2 is 1.73 bits per heavy atom. The maximum atomic E-state index is 11.8. The summed E-state index contributed by atoms with van der Waals surface area (Å²) in [7, 11) is -4.33. The molecule has 2 bridgehead atoms. The van der Waals surface area contributed by atoms with Crippen LogP contribution >= 0.6 is 0 Å². The Balaban J connectivity index is 0.000000197. The molecule has 6 heteroatoms. The van der Waals surface area contributed by atoms with Gasteiger partial charge in [0.05, 0.1) is 15.9 Å². The molecule has 2 fully saturated rings. The van der Waals surface area contributed by atoms with Gasteiger partial charge in [-0.2, -0.15) is 0 Å². The minimum Gasteiger partial charge on any atom is -0.748 e. The zero-order valence-corrected chi connectivity index (χ0v) is 18.1. The normalized spacial score (nSPS) is 27.2.